The van der Waals surface area contributed by atoms with Gasteiger partial charge in [0, 0.05) is 36.3 Å². The van der Waals surface area contributed by atoms with Gasteiger partial charge >= 0.3 is 0 Å². The van der Waals surface area contributed by atoms with Gasteiger partial charge in [0.15, 0.2) is 0 Å². The Labute approximate surface area is 122 Å². The maximum atomic E-state index is 13.5. The number of carbonyl (C=O) groups excluding carboxylic acids is 1. The summed E-state index contributed by atoms with van der Waals surface area (Å²) in [5.74, 6) is -0.509. The molecule has 21 heavy (non-hydrogen) atoms. The average molecular weight is 282 g/mol. The van der Waals surface area contributed by atoms with E-state index in [2.05, 4.69) is 5.32 Å². The fraction of sp³-hybridized carbons (Fsp3) is 0.118. The highest BCUT2D eigenvalue weighted by Gasteiger charge is 2.13. The minimum absolute atomic E-state index is 0.175. The molecule has 3 nitrogen and oxygen atoms in total. The molecule has 1 amide bonds. The van der Waals surface area contributed by atoms with E-state index in [1.54, 1.807) is 24.4 Å². The van der Waals surface area contributed by atoms with Gasteiger partial charge in [0.05, 0.1) is 5.56 Å². The second kappa shape index (κ2) is 5.40. The lowest BCUT2D eigenvalue weighted by Crippen LogP contribution is -2.23. The number of benzene rings is 2. The van der Waals surface area contributed by atoms with Crippen LogP contribution in [0, 0.1) is 5.82 Å². The number of halogens is 1. The fourth-order valence-electron chi connectivity index (χ4n) is 2.44. The molecular weight excluding hydrogens is 267 g/mol. The third-order valence-electron chi connectivity index (χ3n) is 3.54. The molecule has 0 spiro atoms. The smallest absolute Gasteiger partial charge is 0.253 e. The highest BCUT2D eigenvalue weighted by atomic mass is 19.1. The van der Waals surface area contributed by atoms with Crippen molar-refractivity contribution in [1.29, 1.82) is 0 Å². The second-order valence-electron chi connectivity index (χ2n) is 4.94. The molecule has 2 aromatic carbocycles. The van der Waals surface area contributed by atoms with Crippen LogP contribution in [0.3, 0.4) is 0 Å². The number of fused-ring (bicyclic) bond motifs is 1. The number of para-hydroxylation sites is 1. The van der Waals surface area contributed by atoms with Gasteiger partial charge in [-0.1, -0.05) is 36.4 Å². The zero-order chi connectivity index (χ0) is 14.8. The first-order valence-corrected chi connectivity index (χ1v) is 6.72. The summed E-state index contributed by atoms with van der Waals surface area (Å²) in [4.78, 5) is 12.3. The van der Waals surface area contributed by atoms with Crippen LogP contribution in [-0.2, 0) is 13.6 Å². The van der Waals surface area contributed by atoms with Gasteiger partial charge in [-0.2, -0.15) is 0 Å². The van der Waals surface area contributed by atoms with E-state index in [0.29, 0.717) is 11.1 Å². The van der Waals surface area contributed by atoms with E-state index in [1.807, 2.05) is 35.9 Å². The van der Waals surface area contributed by atoms with Crippen molar-refractivity contribution in [1.82, 2.24) is 9.88 Å². The summed E-state index contributed by atoms with van der Waals surface area (Å²) in [5.41, 5.74) is 2.07. The van der Waals surface area contributed by atoms with Crippen molar-refractivity contribution >= 4 is 16.8 Å². The van der Waals surface area contributed by atoms with Gasteiger partial charge in [0.2, 0.25) is 0 Å². The lowest BCUT2D eigenvalue weighted by atomic mass is 10.1. The summed E-state index contributed by atoms with van der Waals surface area (Å²) in [6.45, 7) is 0.175. The first-order chi connectivity index (χ1) is 10.2. The van der Waals surface area contributed by atoms with Gasteiger partial charge in [-0.3, -0.25) is 4.79 Å². The Balaban J connectivity index is 1.83. The van der Waals surface area contributed by atoms with Crippen LogP contribution in [-0.4, -0.2) is 10.5 Å². The van der Waals surface area contributed by atoms with Crippen molar-refractivity contribution < 1.29 is 9.18 Å². The van der Waals surface area contributed by atoms with E-state index >= 15 is 0 Å². The number of nitrogens with one attached hydrogen (secondary N) is 1. The fourth-order valence-corrected chi connectivity index (χ4v) is 2.44. The topological polar surface area (TPSA) is 34.0 Å². The summed E-state index contributed by atoms with van der Waals surface area (Å²) in [6.07, 6.45) is 1.79. The summed E-state index contributed by atoms with van der Waals surface area (Å²) in [7, 11) is 1.90. The van der Waals surface area contributed by atoms with Crippen LogP contribution in [0.1, 0.15) is 15.9 Å². The van der Waals surface area contributed by atoms with Crippen molar-refractivity contribution in [2.45, 2.75) is 6.54 Å². The van der Waals surface area contributed by atoms with E-state index in [4.69, 9.17) is 0 Å². The quantitative estimate of drug-likeness (QED) is 0.786. The van der Waals surface area contributed by atoms with Crippen molar-refractivity contribution in [3.8, 4) is 0 Å². The van der Waals surface area contributed by atoms with Gasteiger partial charge in [0.25, 0.3) is 5.91 Å². The molecule has 0 unspecified atom stereocenters. The number of amides is 1. The zero-order valence-electron chi connectivity index (χ0n) is 11.6. The predicted octanol–water partition coefficient (Wildman–Crippen LogP) is 3.25. The largest absolute Gasteiger partial charge is 0.350 e. The van der Waals surface area contributed by atoms with Crippen LogP contribution >= 0.6 is 0 Å². The summed E-state index contributed by atoms with van der Waals surface area (Å²) >= 11 is 0. The first-order valence-electron chi connectivity index (χ1n) is 6.72. The maximum absolute atomic E-state index is 13.5. The molecule has 0 saturated heterocycles. The van der Waals surface area contributed by atoms with Crippen molar-refractivity contribution in [3.05, 3.63) is 71.7 Å². The van der Waals surface area contributed by atoms with Crippen molar-refractivity contribution in [2.75, 3.05) is 0 Å². The molecule has 4 heteroatoms. The van der Waals surface area contributed by atoms with E-state index in [0.717, 1.165) is 10.9 Å². The Kier molecular flexibility index (Phi) is 3.44. The van der Waals surface area contributed by atoms with Crippen LogP contribution < -0.4 is 5.32 Å². The molecule has 0 aliphatic heterocycles. The molecule has 1 heterocycles. The first kappa shape index (κ1) is 13.4. The average Bonchev–Trinajstić information content (AvgIpc) is 2.84. The molecule has 0 aliphatic carbocycles. The van der Waals surface area contributed by atoms with Gasteiger partial charge in [-0.05, 0) is 12.1 Å². The van der Waals surface area contributed by atoms with Crippen LogP contribution in [0.15, 0.2) is 54.7 Å². The molecule has 1 aromatic heterocycles. The number of nitrogens with zero attached hydrogens (tertiary/aromatic N) is 1. The molecule has 1 N–H and O–H groups in total. The Morgan fingerprint density at radius 2 is 1.86 bits per heavy atom. The molecule has 0 bridgehead atoms. The molecule has 0 atom stereocenters. The van der Waals surface area contributed by atoms with Gasteiger partial charge in [0.1, 0.15) is 5.82 Å². The number of aromatic nitrogens is 1. The minimum atomic E-state index is -0.310. The molecule has 0 fully saturated rings. The standard InChI is InChI=1S/C17H15FN2O/c1-20-11-14(13-7-3-5-9-16(13)20)17(21)19-10-12-6-2-4-8-15(12)18/h2-9,11H,10H2,1H3,(H,19,21). The Bertz CT molecular complexity index is 807. The summed E-state index contributed by atoms with van der Waals surface area (Å²) in [6, 6.07) is 14.1. The molecule has 3 aromatic rings. The van der Waals surface area contributed by atoms with Gasteiger partial charge < -0.3 is 9.88 Å². The van der Waals surface area contributed by atoms with Crippen LogP contribution in [0.2, 0.25) is 0 Å². The highest BCUT2D eigenvalue weighted by molar-refractivity contribution is 6.06. The van der Waals surface area contributed by atoms with Crippen molar-refractivity contribution in [2.24, 2.45) is 7.05 Å². The summed E-state index contributed by atoms with van der Waals surface area (Å²) in [5, 5.41) is 3.66. The Morgan fingerprint density at radius 3 is 2.67 bits per heavy atom. The molecule has 0 saturated carbocycles. The van der Waals surface area contributed by atoms with Crippen LogP contribution in [0.5, 0.6) is 0 Å². The van der Waals surface area contributed by atoms with E-state index < -0.39 is 0 Å². The molecular formula is C17H15FN2O. The van der Waals surface area contributed by atoms with E-state index in [1.165, 1.54) is 6.07 Å². The molecule has 3 rings (SSSR count). The highest BCUT2D eigenvalue weighted by Crippen LogP contribution is 2.20. The predicted molar refractivity (Wildman–Crippen MR) is 80.5 cm³/mol. The van der Waals surface area contributed by atoms with E-state index in [-0.39, 0.29) is 18.3 Å². The Hall–Kier alpha value is -2.62. The van der Waals surface area contributed by atoms with Gasteiger partial charge in [-0.15, -0.1) is 0 Å². The van der Waals surface area contributed by atoms with Crippen molar-refractivity contribution in [3.63, 3.8) is 0 Å². The number of hydrogen-bond donors (Lipinski definition) is 1. The monoisotopic (exact) mass is 282 g/mol. The molecule has 106 valence electrons. The third-order valence-corrected chi connectivity index (χ3v) is 3.54. The maximum Gasteiger partial charge on any atom is 0.253 e. The zero-order valence-corrected chi connectivity index (χ0v) is 11.6. The summed E-state index contributed by atoms with van der Waals surface area (Å²) < 4.78 is 15.5. The third kappa shape index (κ3) is 2.52. The molecule has 0 radical (unpaired) electrons. The van der Waals surface area contributed by atoms with Crippen LogP contribution in [0.4, 0.5) is 4.39 Å². The number of hydrogen-bond acceptors (Lipinski definition) is 1. The van der Waals surface area contributed by atoms with E-state index in [9.17, 15) is 9.18 Å². The lowest BCUT2D eigenvalue weighted by molar-refractivity contribution is 0.0952. The Morgan fingerprint density at radius 1 is 1.14 bits per heavy atom. The second-order valence-corrected chi connectivity index (χ2v) is 4.94. The lowest BCUT2D eigenvalue weighted by Gasteiger charge is -2.05. The van der Waals surface area contributed by atoms with Crippen LogP contribution in [0.25, 0.3) is 10.9 Å². The molecule has 0 aliphatic rings. The normalized spacial score (nSPS) is 10.8. The number of rotatable bonds is 3. The SMILES string of the molecule is Cn1cc(C(=O)NCc2ccccc2F)c2ccccc21. The number of aryl methyl sites for hydroxylation is 1. The minimum Gasteiger partial charge on any atom is -0.350 e. The van der Waals surface area contributed by atoms with Gasteiger partial charge in [-0.25, -0.2) is 4.39 Å². The number of carbonyl (C=O) groups is 1.